The molecule has 0 aliphatic heterocycles. The first kappa shape index (κ1) is 23.7. The summed E-state index contributed by atoms with van der Waals surface area (Å²) < 4.78 is 68.8. The summed E-state index contributed by atoms with van der Waals surface area (Å²) >= 11 is 0. The van der Waals surface area contributed by atoms with Crippen molar-refractivity contribution in [2.24, 2.45) is 5.92 Å². The van der Waals surface area contributed by atoms with Crippen LogP contribution in [0.3, 0.4) is 0 Å². The third kappa shape index (κ3) is 5.83. The Morgan fingerprint density at radius 2 is 1.65 bits per heavy atom. The molecule has 5 nitrogen and oxygen atoms in total. The number of halogens is 3. The lowest BCUT2D eigenvalue weighted by molar-refractivity contribution is -0.137. The van der Waals surface area contributed by atoms with Crippen molar-refractivity contribution in [1.82, 2.24) is 9.29 Å². The second-order valence-electron chi connectivity index (χ2n) is 9.15. The second-order valence-corrected chi connectivity index (χ2v) is 11.6. The van der Waals surface area contributed by atoms with Crippen LogP contribution in [0.1, 0.15) is 52.0 Å². The molecule has 0 atom stereocenters. The fourth-order valence-corrected chi connectivity index (χ4v) is 4.76. The van der Waals surface area contributed by atoms with E-state index in [1.54, 1.807) is 51.4 Å². The number of hydrogen-bond acceptors (Lipinski definition) is 3. The maximum Gasteiger partial charge on any atom is 0.418 e. The third-order valence-electron chi connectivity index (χ3n) is 5.75. The fourth-order valence-electron chi connectivity index (χ4n) is 3.74. The van der Waals surface area contributed by atoms with Crippen molar-refractivity contribution in [2.45, 2.75) is 63.4 Å². The van der Waals surface area contributed by atoms with Crippen molar-refractivity contribution in [1.29, 1.82) is 0 Å². The van der Waals surface area contributed by atoms with Gasteiger partial charge in [0.25, 0.3) is 0 Å². The normalized spacial score (nSPS) is 20.6. The average molecular weight is 458 g/mol. The molecule has 0 amide bonds. The Morgan fingerprint density at radius 3 is 2.19 bits per heavy atom. The lowest BCUT2D eigenvalue weighted by Crippen LogP contribution is -2.46. The minimum absolute atomic E-state index is 0.0850. The summed E-state index contributed by atoms with van der Waals surface area (Å²) in [6.07, 6.45) is 1.80. The van der Waals surface area contributed by atoms with Crippen molar-refractivity contribution in [3.8, 4) is 5.69 Å². The average Bonchev–Trinajstić information content (AvgIpc) is 3.20. The summed E-state index contributed by atoms with van der Waals surface area (Å²) in [5.74, 6) is 0.286. The lowest BCUT2D eigenvalue weighted by Gasteiger charge is -2.31. The molecule has 1 aromatic heterocycles. The fraction of sp³-hybridized carbons (Fsp3) is 0.545. The number of hydrogen-bond donors (Lipinski definition) is 2. The van der Waals surface area contributed by atoms with Gasteiger partial charge in [-0.3, -0.25) is 0 Å². The van der Waals surface area contributed by atoms with Gasteiger partial charge < -0.3 is 9.88 Å². The van der Waals surface area contributed by atoms with Crippen LogP contribution < -0.4 is 10.0 Å². The first-order valence-corrected chi connectivity index (χ1v) is 12.0. The van der Waals surface area contributed by atoms with Crippen molar-refractivity contribution in [2.75, 3.05) is 11.9 Å². The molecule has 3 rings (SSSR count). The van der Waals surface area contributed by atoms with Crippen molar-refractivity contribution >= 4 is 15.7 Å². The number of nitrogens with zero attached hydrogens (tertiary/aromatic N) is 1. The minimum Gasteiger partial charge on any atom is -0.385 e. The molecule has 0 bridgehead atoms. The van der Waals surface area contributed by atoms with E-state index in [1.165, 1.54) is 10.6 Å². The van der Waals surface area contributed by atoms with Crippen LogP contribution in [0.25, 0.3) is 5.69 Å². The molecule has 1 heterocycles. The van der Waals surface area contributed by atoms with Crippen LogP contribution in [-0.2, 0) is 16.2 Å². The van der Waals surface area contributed by atoms with Gasteiger partial charge in [0.15, 0.2) is 0 Å². The Kier molecular flexibility index (Phi) is 6.76. The molecule has 1 aliphatic rings. The SMILES string of the molecule is CC(C)(C)S(=O)(=O)N[C@H]1CC[C@H](CNc2ccc(-n3cccc3)c(C(F)(F)F)c2)CC1. The number of anilines is 1. The molecule has 9 heteroatoms. The highest BCUT2D eigenvalue weighted by Crippen LogP contribution is 2.36. The molecule has 2 N–H and O–H groups in total. The highest BCUT2D eigenvalue weighted by molar-refractivity contribution is 7.90. The predicted octanol–water partition coefficient (Wildman–Crippen LogP) is 5.18. The van der Waals surface area contributed by atoms with Crippen LogP contribution in [0.15, 0.2) is 42.7 Å². The first-order valence-electron chi connectivity index (χ1n) is 10.5. The predicted molar refractivity (Wildman–Crippen MR) is 117 cm³/mol. The van der Waals surface area contributed by atoms with Crippen LogP contribution in [0, 0.1) is 5.92 Å². The highest BCUT2D eigenvalue weighted by Gasteiger charge is 2.35. The van der Waals surface area contributed by atoms with Crippen molar-refractivity contribution in [3.63, 3.8) is 0 Å². The van der Waals surface area contributed by atoms with Gasteiger partial charge in [-0.25, -0.2) is 13.1 Å². The number of alkyl halides is 3. The number of benzene rings is 1. The summed E-state index contributed by atoms with van der Waals surface area (Å²) in [6.45, 7) is 5.56. The Morgan fingerprint density at radius 1 is 1.03 bits per heavy atom. The first-order chi connectivity index (χ1) is 14.4. The molecular formula is C22H30F3N3O2S. The minimum atomic E-state index is -4.46. The molecule has 0 unspecified atom stereocenters. The maximum absolute atomic E-state index is 13.6. The van der Waals surface area contributed by atoms with Gasteiger partial charge in [0.2, 0.25) is 10.0 Å². The number of sulfonamides is 1. The van der Waals surface area contributed by atoms with Gasteiger partial charge in [0, 0.05) is 30.7 Å². The molecule has 1 aliphatic carbocycles. The van der Waals surface area contributed by atoms with E-state index in [9.17, 15) is 21.6 Å². The van der Waals surface area contributed by atoms with Gasteiger partial charge in [-0.2, -0.15) is 13.2 Å². The summed E-state index contributed by atoms with van der Waals surface area (Å²) in [5, 5.41) is 3.14. The van der Waals surface area contributed by atoms with Crippen LogP contribution in [0.4, 0.5) is 18.9 Å². The summed E-state index contributed by atoms with van der Waals surface area (Å²) in [6, 6.07) is 7.57. The standard InChI is InChI=1S/C22H30F3N3O2S/c1-21(2,3)31(29,30)27-17-8-6-16(7-9-17)15-26-18-10-11-20(28-12-4-5-13-28)19(14-18)22(23,24)25/h4-5,10-14,16-17,26-27H,6-9,15H2,1-3H3/t16-,17-. The second kappa shape index (κ2) is 8.86. The molecule has 1 saturated carbocycles. The van der Waals surface area contributed by atoms with E-state index < -0.39 is 26.5 Å². The zero-order chi connectivity index (χ0) is 22.9. The quantitative estimate of drug-likeness (QED) is 0.628. The molecule has 1 fully saturated rings. The molecule has 0 radical (unpaired) electrons. The van der Waals surface area contributed by atoms with E-state index >= 15 is 0 Å². The number of nitrogens with one attached hydrogen (secondary N) is 2. The Labute approximate surface area is 182 Å². The Hall–Kier alpha value is -2.00. The van der Waals surface area contributed by atoms with Crippen LogP contribution in [-0.4, -0.2) is 30.3 Å². The van der Waals surface area contributed by atoms with Gasteiger partial charge in [-0.1, -0.05) is 0 Å². The zero-order valence-corrected chi connectivity index (χ0v) is 18.9. The van der Waals surface area contributed by atoms with Gasteiger partial charge in [-0.15, -0.1) is 0 Å². The van der Waals surface area contributed by atoms with E-state index in [1.807, 2.05) is 0 Å². The van der Waals surface area contributed by atoms with Crippen molar-refractivity contribution in [3.05, 3.63) is 48.3 Å². The molecule has 2 aromatic rings. The van der Waals surface area contributed by atoms with Crippen molar-refractivity contribution < 1.29 is 21.6 Å². The van der Waals surface area contributed by atoms with Crippen LogP contribution in [0.2, 0.25) is 0 Å². The highest BCUT2D eigenvalue weighted by atomic mass is 32.2. The van der Waals surface area contributed by atoms with E-state index in [-0.39, 0.29) is 17.6 Å². The van der Waals surface area contributed by atoms with E-state index in [4.69, 9.17) is 0 Å². The number of aromatic nitrogens is 1. The zero-order valence-electron chi connectivity index (χ0n) is 18.0. The van der Waals surface area contributed by atoms with Crippen LogP contribution in [0.5, 0.6) is 0 Å². The summed E-state index contributed by atoms with van der Waals surface area (Å²) in [4.78, 5) is 0. The van der Waals surface area contributed by atoms with Gasteiger partial charge in [-0.05, 0) is 82.7 Å². The maximum atomic E-state index is 13.6. The summed E-state index contributed by atoms with van der Waals surface area (Å²) in [7, 11) is -3.39. The van der Waals surface area contributed by atoms with Gasteiger partial charge >= 0.3 is 6.18 Å². The Bertz CT molecular complexity index is 972. The molecule has 1 aromatic carbocycles. The Balaban J connectivity index is 1.59. The molecule has 0 spiro atoms. The molecule has 31 heavy (non-hydrogen) atoms. The largest absolute Gasteiger partial charge is 0.418 e. The van der Waals surface area contributed by atoms with E-state index in [0.29, 0.717) is 12.2 Å². The smallest absolute Gasteiger partial charge is 0.385 e. The molecule has 172 valence electrons. The summed E-state index contributed by atoms with van der Waals surface area (Å²) in [5.41, 5.74) is -0.164. The van der Waals surface area contributed by atoms with E-state index in [0.717, 1.165) is 31.7 Å². The monoisotopic (exact) mass is 457 g/mol. The third-order valence-corrected chi connectivity index (χ3v) is 8.01. The molecular weight excluding hydrogens is 427 g/mol. The van der Waals surface area contributed by atoms with Crippen LogP contribution >= 0.6 is 0 Å². The van der Waals surface area contributed by atoms with Gasteiger partial charge in [0.05, 0.1) is 16.0 Å². The number of rotatable bonds is 6. The van der Waals surface area contributed by atoms with Gasteiger partial charge in [0.1, 0.15) is 0 Å². The lowest BCUT2D eigenvalue weighted by atomic mass is 9.86. The van der Waals surface area contributed by atoms with E-state index in [2.05, 4.69) is 10.0 Å². The molecule has 0 saturated heterocycles. The topological polar surface area (TPSA) is 63.1 Å².